The second-order valence-corrected chi connectivity index (χ2v) is 6.43. The molecular weight excluding hydrogens is 416 g/mol. The molecule has 0 radical (unpaired) electrons. The molecule has 0 aliphatic heterocycles. The summed E-state index contributed by atoms with van der Waals surface area (Å²) in [5, 5.41) is 11.6. The van der Waals surface area contributed by atoms with Gasteiger partial charge >= 0.3 is 5.97 Å². The maximum absolute atomic E-state index is 13.8. The van der Waals surface area contributed by atoms with Gasteiger partial charge in [-0.05, 0) is 48.0 Å². The summed E-state index contributed by atoms with van der Waals surface area (Å²) in [6, 6.07) is 15.3. The van der Waals surface area contributed by atoms with E-state index in [1.807, 2.05) is 0 Å². The lowest BCUT2D eigenvalue weighted by Gasteiger charge is -2.09. The molecule has 5 nitrogen and oxygen atoms in total. The average Bonchev–Trinajstić information content (AvgIpc) is 2.71. The Bertz CT molecular complexity index is 1110. The van der Waals surface area contributed by atoms with Gasteiger partial charge in [0.15, 0.2) is 11.6 Å². The van der Waals surface area contributed by atoms with Crippen molar-refractivity contribution in [1.82, 2.24) is 5.32 Å². The van der Waals surface area contributed by atoms with E-state index in [1.165, 1.54) is 66.7 Å². The van der Waals surface area contributed by atoms with Crippen molar-refractivity contribution < 1.29 is 28.2 Å². The molecule has 30 heavy (non-hydrogen) atoms. The van der Waals surface area contributed by atoms with Gasteiger partial charge in [0.1, 0.15) is 17.3 Å². The van der Waals surface area contributed by atoms with E-state index in [0.717, 1.165) is 6.07 Å². The Morgan fingerprint density at radius 1 is 0.933 bits per heavy atom. The molecule has 0 atom stereocenters. The number of carboxylic acids is 1. The monoisotopic (exact) mass is 429 g/mol. The Morgan fingerprint density at radius 2 is 1.60 bits per heavy atom. The number of ether oxygens (including phenoxy) is 1. The van der Waals surface area contributed by atoms with Crippen LogP contribution >= 0.6 is 11.6 Å². The van der Waals surface area contributed by atoms with Crippen molar-refractivity contribution in [2.45, 2.75) is 0 Å². The van der Waals surface area contributed by atoms with Gasteiger partial charge in [-0.3, -0.25) is 4.79 Å². The lowest BCUT2D eigenvalue weighted by molar-refractivity contribution is -0.132. The van der Waals surface area contributed by atoms with Crippen LogP contribution in [0.4, 0.5) is 8.78 Å². The van der Waals surface area contributed by atoms with Crippen LogP contribution in [0.25, 0.3) is 6.08 Å². The van der Waals surface area contributed by atoms with Crippen molar-refractivity contribution in [1.29, 1.82) is 0 Å². The summed E-state index contributed by atoms with van der Waals surface area (Å²) in [6.45, 7) is 0. The Hall–Kier alpha value is -3.71. The molecule has 0 aliphatic carbocycles. The number of carbonyl (C=O) groups is 2. The fourth-order valence-corrected chi connectivity index (χ4v) is 2.68. The molecule has 3 rings (SSSR count). The van der Waals surface area contributed by atoms with E-state index in [2.05, 4.69) is 5.32 Å². The number of hydrogen-bond acceptors (Lipinski definition) is 3. The van der Waals surface area contributed by atoms with Crippen LogP contribution in [0.1, 0.15) is 15.9 Å². The number of amides is 1. The Kier molecular flexibility index (Phi) is 6.44. The lowest BCUT2D eigenvalue weighted by Crippen LogP contribution is -2.27. The molecule has 2 N–H and O–H groups in total. The molecule has 0 spiro atoms. The number of aliphatic carboxylic acids is 1. The molecular formula is C22H14ClF2NO4. The molecule has 3 aromatic carbocycles. The van der Waals surface area contributed by atoms with Crippen LogP contribution in [-0.4, -0.2) is 17.0 Å². The second kappa shape index (κ2) is 9.19. The molecule has 0 unspecified atom stereocenters. The number of halogens is 3. The number of hydrogen-bond donors (Lipinski definition) is 2. The smallest absolute Gasteiger partial charge is 0.352 e. The molecule has 0 fully saturated rings. The summed E-state index contributed by atoms with van der Waals surface area (Å²) in [5.74, 6) is -3.56. The fourth-order valence-electron chi connectivity index (χ4n) is 2.48. The molecule has 3 aromatic rings. The molecule has 0 heterocycles. The Balaban J connectivity index is 1.79. The molecule has 1 amide bonds. The summed E-state index contributed by atoms with van der Waals surface area (Å²) in [4.78, 5) is 23.6. The fraction of sp³-hybridized carbons (Fsp3) is 0. The van der Waals surface area contributed by atoms with E-state index in [1.54, 1.807) is 0 Å². The molecule has 0 saturated heterocycles. The van der Waals surface area contributed by atoms with Gasteiger partial charge in [0.05, 0.1) is 10.6 Å². The number of para-hydroxylation sites is 1. The first-order valence-electron chi connectivity index (χ1n) is 8.58. The van der Waals surface area contributed by atoms with Crippen molar-refractivity contribution in [3.63, 3.8) is 0 Å². The predicted molar refractivity (Wildman–Crippen MR) is 107 cm³/mol. The quantitative estimate of drug-likeness (QED) is 0.524. The van der Waals surface area contributed by atoms with E-state index in [0.29, 0.717) is 5.56 Å². The van der Waals surface area contributed by atoms with E-state index in [9.17, 15) is 23.5 Å². The van der Waals surface area contributed by atoms with Gasteiger partial charge in [0.2, 0.25) is 0 Å². The van der Waals surface area contributed by atoms with Crippen molar-refractivity contribution in [3.05, 3.63) is 100 Å². The topological polar surface area (TPSA) is 75.6 Å². The summed E-state index contributed by atoms with van der Waals surface area (Å²) >= 11 is 5.92. The third-order valence-corrected chi connectivity index (χ3v) is 4.22. The minimum Gasteiger partial charge on any atom is -0.477 e. The average molecular weight is 430 g/mol. The summed E-state index contributed by atoms with van der Waals surface area (Å²) in [7, 11) is 0. The maximum atomic E-state index is 13.8. The van der Waals surface area contributed by atoms with Gasteiger partial charge in [-0.2, -0.15) is 0 Å². The first kappa shape index (κ1) is 21.0. The number of carboxylic acid groups (broad SMARTS) is 1. The second-order valence-electron chi connectivity index (χ2n) is 6.02. The van der Waals surface area contributed by atoms with Crippen molar-refractivity contribution in [2.75, 3.05) is 0 Å². The normalized spacial score (nSPS) is 11.1. The highest BCUT2D eigenvalue weighted by molar-refractivity contribution is 6.32. The summed E-state index contributed by atoms with van der Waals surface area (Å²) in [5.41, 5.74) is -0.322. The Labute approximate surface area is 175 Å². The highest BCUT2D eigenvalue weighted by Gasteiger charge is 2.16. The molecule has 8 heteroatoms. The zero-order chi connectivity index (χ0) is 21.7. The van der Waals surface area contributed by atoms with Crippen molar-refractivity contribution in [2.24, 2.45) is 0 Å². The van der Waals surface area contributed by atoms with Gasteiger partial charge in [-0.25, -0.2) is 13.6 Å². The number of benzene rings is 3. The van der Waals surface area contributed by atoms with E-state index >= 15 is 0 Å². The number of carbonyl (C=O) groups excluding carboxylic acids is 1. The Morgan fingerprint density at radius 3 is 2.23 bits per heavy atom. The van der Waals surface area contributed by atoms with Gasteiger partial charge < -0.3 is 15.2 Å². The van der Waals surface area contributed by atoms with Crippen LogP contribution in [0.15, 0.2) is 72.4 Å². The third-order valence-electron chi connectivity index (χ3n) is 3.93. The predicted octanol–water partition coefficient (Wildman–Crippen LogP) is 5.27. The highest BCUT2D eigenvalue weighted by atomic mass is 35.5. The van der Waals surface area contributed by atoms with E-state index in [4.69, 9.17) is 16.3 Å². The lowest BCUT2D eigenvalue weighted by atomic mass is 10.1. The van der Waals surface area contributed by atoms with Gasteiger partial charge in [-0.1, -0.05) is 41.9 Å². The van der Waals surface area contributed by atoms with Gasteiger partial charge in [-0.15, -0.1) is 0 Å². The molecule has 0 bridgehead atoms. The van der Waals surface area contributed by atoms with E-state index in [-0.39, 0.29) is 22.1 Å². The van der Waals surface area contributed by atoms with Gasteiger partial charge in [0, 0.05) is 0 Å². The minimum atomic E-state index is -1.40. The maximum Gasteiger partial charge on any atom is 0.352 e. The van der Waals surface area contributed by atoms with Crippen LogP contribution in [0.2, 0.25) is 5.02 Å². The van der Waals surface area contributed by atoms with Crippen LogP contribution in [-0.2, 0) is 4.79 Å². The van der Waals surface area contributed by atoms with Crippen LogP contribution in [0, 0.1) is 11.6 Å². The first-order valence-corrected chi connectivity index (χ1v) is 8.96. The SMILES string of the molecule is O=C(O)/C(=C\c1ccc(Oc2c(F)cccc2Cl)cc1)NC(=O)c1ccccc1F. The minimum absolute atomic E-state index is 0.1000. The highest BCUT2D eigenvalue weighted by Crippen LogP contribution is 2.32. The number of rotatable bonds is 6. The van der Waals surface area contributed by atoms with Crippen molar-refractivity contribution >= 4 is 29.6 Å². The third kappa shape index (κ3) is 5.01. The van der Waals surface area contributed by atoms with Crippen LogP contribution in [0.5, 0.6) is 11.5 Å². The zero-order valence-corrected chi connectivity index (χ0v) is 16.0. The molecule has 0 saturated carbocycles. The largest absolute Gasteiger partial charge is 0.477 e. The standard InChI is InChI=1S/C22H14ClF2NO4/c23-16-5-3-7-18(25)20(16)30-14-10-8-13(9-11-14)12-19(22(28)29)26-21(27)15-4-1-2-6-17(15)24/h1-12H,(H,26,27)(H,28,29)/b19-12+. The van der Waals surface area contributed by atoms with Crippen molar-refractivity contribution in [3.8, 4) is 11.5 Å². The number of nitrogens with one attached hydrogen (secondary N) is 1. The summed E-state index contributed by atoms with van der Waals surface area (Å²) in [6.07, 6.45) is 1.20. The molecule has 0 aromatic heterocycles. The van der Waals surface area contributed by atoms with E-state index < -0.39 is 29.2 Å². The van der Waals surface area contributed by atoms with Crippen LogP contribution in [0.3, 0.4) is 0 Å². The zero-order valence-electron chi connectivity index (χ0n) is 15.2. The van der Waals surface area contributed by atoms with Gasteiger partial charge in [0.25, 0.3) is 5.91 Å². The molecule has 152 valence electrons. The van der Waals surface area contributed by atoms with Crippen LogP contribution < -0.4 is 10.1 Å². The summed E-state index contributed by atoms with van der Waals surface area (Å²) < 4.78 is 33.0. The molecule has 0 aliphatic rings. The first-order chi connectivity index (χ1) is 14.3.